The number of hydrogen-bond acceptors (Lipinski definition) is 4. The van der Waals surface area contributed by atoms with Crippen molar-refractivity contribution in [2.45, 2.75) is 13.3 Å². The van der Waals surface area contributed by atoms with Crippen LogP contribution in [0.25, 0.3) is 22.2 Å². The number of benzene rings is 1. The number of H-pyrrole nitrogens is 1. The van der Waals surface area contributed by atoms with Crippen LogP contribution >= 0.6 is 11.3 Å². The highest BCUT2D eigenvalue weighted by atomic mass is 32.1. The fourth-order valence-electron chi connectivity index (χ4n) is 3.17. The minimum atomic E-state index is 0.236. The van der Waals surface area contributed by atoms with Crippen molar-refractivity contribution in [3.63, 3.8) is 0 Å². The van der Waals surface area contributed by atoms with Gasteiger partial charge in [-0.25, -0.2) is 4.98 Å². The maximum absolute atomic E-state index is 5.81. The van der Waals surface area contributed by atoms with Gasteiger partial charge in [-0.2, -0.15) is 16.4 Å². The first kappa shape index (κ1) is 16.4. The van der Waals surface area contributed by atoms with Crippen LogP contribution in [0.1, 0.15) is 22.5 Å². The van der Waals surface area contributed by atoms with Crippen molar-refractivity contribution in [2.24, 2.45) is 16.7 Å². The van der Waals surface area contributed by atoms with Crippen molar-refractivity contribution in [3.05, 3.63) is 75.7 Å². The van der Waals surface area contributed by atoms with E-state index in [1.165, 1.54) is 22.1 Å². The van der Waals surface area contributed by atoms with Gasteiger partial charge in [0.05, 0.1) is 5.69 Å². The molecular weight excluding hydrogens is 342 g/mol. The van der Waals surface area contributed by atoms with E-state index in [0.29, 0.717) is 12.1 Å². The SMILES string of the molecule is Cc1ccc2c(Cc3cccc(/C(N)=N/N)n3)c(-c3ccsc3)[nH]c2c1. The van der Waals surface area contributed by atoms with Gasteiger partial charge in [-0.05, 0) is 47.7 Å². The summed E-state index contributed by atoms with van der Waals surface area (Å²) >= 11 is 1.69. The summed E-state index contributed by atoms with van der Waals surface area (Å²) in [6.07, 6.45) is 0.694. The minimum Gasteiger partial charge on any atom is -0.380 e. The topological polar surface area (TPSA) is 93.1 Å². The molecule has 1 aromatic carbocycles. The summed E-state index contributed by atoms with van der Waals surface area (Å²) in [7, 11) is 0. The Bertz CT molecular complexity index is 1090. The predicted octanol–water partition coefficient (Wildman–Crippen LogP) is 3.77. The van der Waals surface area contributed by atoms with Crippen molar-refractivity contribution >= 4 is 28.1 Å². The van der Waals surface area contributed by atoms with Gasteiger partial charge in [0.2, 0.25) is 0 Å². The minimum absolute atomic E-state index is 0.236. The fraction of sp³-hybridized carbons (Fsp3) is 0.100. The van der Waals surface area contributed by atoms with Crippen molar-refractivity contribution in [1.82, 2.24) is 9.97 Å². The molecule has 4 rings (SSSR count). The van der Waals surface area contributed by atoms with Gasteiger partial charge in [0.25, 0.3) is 0 Å². The van der Waals surface area contributed by atoms with Gasteiger partial charge in [-0.1, -0.05) is 18.2 Å². The molecule has 26 heavy (non-hydrogen) atoms. The molecular formula is C20H19N5S. The average molecular weight is 361 g/mol. The number of nitrogens with zero attached hydrogens (tertiary/aromatic N) is 2. The Hall–Kier alpha value is -3.12. The van der Waals surface area contributed by atoms with E-state index in [0.717, 1.165) is 16.9 Å². The molecule has 0 unspecified atom stereocenters. The van der Waals surface area contributed by atoms with Crippen LogP contribution in [-0.4, -0.2) is 15.8 Å². The lowest BCUT2D eigenvalue weighted by atomic mass is 10.0. The van der Waals surface area contributed by atoms with Crippen molar-refractivity contribution in [2.75, 3.05) is 0 Å². The molecule has 0 aliphatic carbocycles. The number of aromatic nitrogens is 2. The Balaban J connectivity index is 1.84. The number of aromatic amines is 1. The number of thiophene rings is 1. The highest BCUT2D eigenvalue weighted by molar-refractivity contribution is 7.08. The molecule has 0 amide bonds. The number of nitrogens with one attached hydrogen (secondary N) is 1. The number of hydrazone groups is 1. The molecule has 6 heteroatoms. The molecule has 4 aromatic rings. The molecule has 0 fully saturated rings. The van der Waals surface area contributed by atoms with Crippen LogP contribution in [0.2, 0.25) is 0 Å². The first-order valence-electron chi connectivity index (χ1n) is 8.29. The van der Waals surface area contributed by atoms with E-state index in [9.17, 15) is 0 Å². The Morgan fingerprint density at radius 2 is 2.12 bits per heavy atom. The lowest BCUT2D eigenvalue weighted by Gasteiger charge is -2.06. The molecule has 130 valence electrons. The van der Waals surface area contributed by atoms with Gasteiger partial charge in [0, 0.05) is 34.0 Å². The molecule has 3 aromatic heterocycles. The van der Waals surface area contributed by atoms with E-state index in [1.54, 1.807) is 11.3 Å². The number of rotatable bonds is 4. The van der Waals surface area contributed by atoms with E-state index in [2.05, 4.69) is 57.0 Å². The number of amidine groups is 1. The normalized spacial score (nSPS) is 12.0. The first-order valence-corrected chi connectivity index (χ1v) is 9.23. The van der Waals surface area contributed by atoms with Crippen molar-refractivity contribution < 1.29 is 0 Å². The summed E-state index contributed by atoms with van der Waals surface area (Å²) in [5.74, 6) is 5.52. The Morgan fingerprint density at radius 3 is 2.88 bits per heavy atom. The van der Waals surface area contributed by atoms with E-state index in [1.807, 2.05) is 18.2 Å². The zero-order valence-electron chi connectivity index (χ0n) is 14.4. The van der Waals surface area contributed by atoms with Crippen molar-refractivity contribution in [3.8, 4) is 11.3 Å². The molecule has 5 nitrogen and oxygen atoms in total. The second-order valence-corrected chi connectivity index (χ2v) is 7.02. The number of aryl methyl sites for hydroxylation is 1. The largest absolute Gasteiger partial charge is 0.380 e. The molecule has 0 aliphatic heterocycles. The van der Waals surface area contributed by atoms with E-state index >= 15 is 0 Å². The quantitative estimate of drug-likeness (QED) is 0.223. The van der Waals surface area contributed by atoms with Gasteiger partial charge in [-0.15, -0.1) is 0 Å². The number of pyridine rings is 1. The van der Waals surface area contributed by atoms with Crippen LogP contribution in [0, 0.1) is 6.92 Å². The maximum Gasteiger partial charge on any atom is 0.168 e. The zero-order valence-corrected chi connectivity index (χ0v) is 15.2. The predicted molar refractivity (Wildman–Crippen MR) is 108 cm³/mol. The van der Waals surface area contributed by atoms with Gasteiger partial charge in [0.1, 0.15) is 5.69 Å². The van der Waals surface area contributed by atoms with Crippen LogP contribution in [0.3, 0.4) is 0 Å². The van der Waals surface area contributed by atoms with Crippen LogP contribution in [0.15, 0.2) is 58.3 Å². The first-order chi connectivity index (χ1) is 12.7. The summed E-state index contributed by atoms with van der Waals surface area (Å²) in [4.78, 5) is 8.20. The van der Waals surface area contributed by atoms with E-state index in [-0.39, 0.29) is 5.84 Å². The molecule has 0 aliphatic rings. The van der Waals surface area contributed by atoms with Gasteiger partial charge < -0.3 is 16.6 Å². The summed E-state index contributed by atoms with van der Waals surface area (Å²) in [5.41, 5.74) is 13.3. The number of hydrogen-bond donors (Lipinski definition) is 3. The number of fused-ring (bicyclic) bond motifs is 1. The van der Waals surface area contributed by atoms with Crippen LogP contribution in [-0.2, 0) is 6.42 Å². The molecule has 5 N–H and O–H groups in total. The lowest BCUT2D eigenvalue weighted by Crippen LogP contribution is -2.17. The Morgan fingerprint density at radius 1 is 1.23 bits per heavy atom. The van der Waals surface area contributed by atoms with Crippen LogP contribution < -0.4 is 11.6 Å². The van der Waals surface area contributed by atoms with Gasteiger partial charge in [0.15, 0.2) is 5.84 Å². The van der Waals surface area contributed by atoms with Crippen LogP contribution in [0.5, 0.6) is 0 Å². The second-order valence-electron chi connectivity index (χ2n) is 6.24. The zero-order chi connectivity index (χ0) is 18.1. The molecule has 3 heterocycles. The second kappa shape index (κ2) is 6.65. The third-order valence-electron chi connectivity index (χ3n) is 4.44. The summed E-state index contributed by atoms with van der Waals surface area (Å²) < 4.78 is 0. The third-order valence-corrected chi connectivity index (χ3v) is 5.12. The fourth-order valence-corrected chi connectivity index (χ4v) is 3.82. The monoisotopic (exact) mass is 361 g/mol. The molecule has 0 saturated carbocycles. The molecule has 0 radical (unpaired) electrons. The Kier molecular flexibility index (Phi) is 4.18. The lowest BCUT2D eigenvalue weighted by molar-refractivity contribution is 1.07. The summed E-state index contributed by atoms with van der Waals surface area (Å²) in [6.45, 7) is 2.10. The number of nitrogens with two attached hydrogens (primary N) is 2. The third kappa shape index (κ3) is 2.95. The molecule has 0 saturated heterocycles. The molecule has 0 spiro atoms. The highest BCUT2D eigenvalue weighted by Crippen LogP contribution is 2.33. The molecule has 0 atom stereocenters. The average Bonchev–Trinajstić information content (AvgIpc) is 3.29. The van der Waals surface area contributed by atoms with Crippen LogP contribution in [0.4, 0.5) is 0 Å². The highest BCUT2D eigenvalue weighted by Gasteiger charge is 2.15. The van der Waals surface area contributed by atoms with Gasteiger partial charge >= 0.3 is 0 Å². The van der Waals surface area contributed by atoms with E-state index in [4.69, 9.17) is 11.6 Å². The summed E-state index contributed by atoms with van der Waals surface area (Å²) in [5, 5.41) is 9.00. The maximum atomic E-state index is 5.81. The smallest absolute Gasteiger partial charge is 0.168 e. The van der Waals surface area contributed by atoms with Gasteiger partial charge in [-0.3, -0.25) is 0 Å². The van der Waals surface area contributed by atoms with E-state index < -0.39 is 0 Å². The summed E-state index contributed by atoms with van der Waals surface area (Å²) in [6, 6.07) is 14.4. The Labute approximate surface area is 155 Å². The molecule has 0 bridgehead atoms. The van der Waals surface area contributed by atoms with Crippen molar-refractivity contribution in [1.29, 1.82) is 0 Å². The standard InChI is InChI=1S/C20H19N5S/c1-12-5-6-15-16(10-14-3-2-4-17(23-14)20(21)25-22)19(24-18(15)9-12)13-7-8-26-11-13/h2-9,11,24H,10,22H2,1H3,(H2,21,25).